The van der Waals surface area contributed by atoms with E-state index < -0.39 is 0 Å². The number of hydrogen-bond donors (Lipinski definition) is 1. The maximum Gasteiger partial charge on any atom is 0.244 e. The molecule has 0 unspecified atom stereocenters. The highest BCUT2D eigenvalue weighted by molar-refractivity contribution is 5.76. The van der Waals surface area contributed by atoms with Crippen molar-refractivity contribution in [1.82, 2.24) is 24.6 Å². The van der Waals surface area contributed by atoms with Crippen molar-refractivity contribution in [3.8, 4) is 0 Å². The SMILES string of the molecule is Cc1ccn(CC(=O)N2CCc3ncnc(N[C@H]4CCOC4)c3CC2)n1. The summed E-state index contributed by atoms with van der Waals surface area (Å²) in [7, 11) is 0. The molecule has 2 aromatic heterocycles. The van der Waals surface area contributed by atoms with Crippen LogP contribution in [0.3, 0.4) is 0 Å². The van der Waals surface area contributed by atoms with E-state index in [2.05, 4.69) is 20.4 Å². The van der Waals surface area contributed by atoms with E-state index in [1.54, 1.807) is 11.0 Å². The van der Waals surface area contributed by atoms with Crippen LogP contribution in [0.5, 0.6) is 0 Å². The second-order valence-electron chi connectivity index (χ2n) is 6.89. The Morgan fingerprint density at radius 3 is 3.00 bits per heavy atom. The van der Waals surface area contributed by atoms with Crippen molar-refractivity contribution >= 4 is 11.7 Å². The molecule has 1 N–H and O–H groups in total. The summed E-state index contributed by atoms with van der Waals surface area (Å²) in [4.78, 5) is 23.4. The van der Waals surface area contributed by atoms with Crippen LogP contribution in [0.2, 0.25) is 0 Å². The topological polar surface area (TPSA) is 85.2 Å². The number of aryl methyl sites for hydroxylation is 1. The van der Waals surface area contributed by atoms with E-state index in [4.69, 9.17) is 4.74 Å². The van der Waals surface area contributed by atoms with Crippen molar-refractivity contribution in [2.45, 2.75) is 38.8 Å². The van der Waals surface area contributed by atoms with Crippen LogP contribution in [-0.4, -0.2) is 62.9 Å². The summed E-state index contributed by atoms with van der Waals surface area (Å²) in [5, 5.41) is 7.79. The summed E-state index contributed by atoms with van der Waals surface area (Å²) >= 11 is 0. The Morgan fingerprint density at radius 1 is 1.35 bits per heavy atom. The predicted molar refractivity (Wildman–Crippen MR) is 95.8 cm³/mol. The fourth-order valence-corrected chi connectivity index (χ4v) is 3.53. The van der Waals surface area contributed by atoms with E-state index in [1.807, 2.05) is 24.1 Å². The lowest BCUT2D eigenvalue weighted by atomic mass is 10.1. The van der Waals surface area contributed by atoms with Crippen LogP contribution in [0, 0.1) is 6.92 Å². The van der Waals surface area contributed by atoms with E-state index in [0.29, 0.717) is 25.7 Å². The van der Waals surface area contributed by atoms with Gasteiger partial charge in [-0.05, 0) is 25.8 Å². The van der Waals surface area contributed by atoms with Crippen molar-refractivity contribution in [2.24, 2.45) is 0 Å². The molecule has 138 valence electrons. The smallest absolute Gasteiger partial charge is 0.244 e. The number of anilines is 1. The lowest BCUT2D eigenvalue weighted by Gasteiger charge is -2.20. The number of amides is 1. The normalized spacial score (nSPS) is 19.9. The molecule has 0 radical (unpaired) electrons. The van der Waals surface area contributed by atoms with Gasteiger partial charge in [0.1, 0.15) is 18.7 Å². The van der Waals surface area contributed by atoms with Gasteiger partial charge >= 0.3 is 0 Å². The predicted octanol–water partition coefficient (Wildman–Crippen LogP) is 0.810. The molecule has 0 spiro atoms. The van der Waals surface area contributed by atoms with Crippen LogP contribution in [0.4, 0.5) is 5.82 Å². The Hall–Kier alpha value is -2.48. The van der Waals surface area contributed by atoms with Gasteiger partial charge in [0.2, 0.25) is 5.91 Å². The van der Waals surface area contributed by atoms with Crippen LogP contribution in [0.25, 0.3) is 0 Å². The summed E-state index contributed by atoms with van der Waals surface area (Å²) < 4.78 is 7.13. The minimum Gasteiger partial charge on any atom is -0.379 e. The van der Waals surface area contributed by atoms with Gasteiger partial charge in [0.05, 0.1) is 24.0 Å². The number of aromatic nitrogens is 4. The maximum absolute atomic E-state index is 12.6. The van der Waals surface area contributed by atoms with Gasteiger partial charge in [0.25, 0.3) is 0 Å². The Bertz CT molecular complexity index is 784. The van der Waals surface area contributed by atoms with Crippen molar-refractivity contribution in [1.29, 1.82) is 0 Å². The van der Waals surface area contributed by atoms with Crippen molar-refractivity contribution in [2.75, 3.05) is 31.6 Å². The third kappa shape index (κ3) is 3.70. The van der Waals surface area contributed by atoms with E-state index in [-0.39, 0.29) is 12.5 Å². The number of nitrogens with one attached hydrogen (secondary N) is 1. The third-order valence-corrected chi connectivity index (χ3v) is 4.98. The van der Waals surface area contributed by atoms with Crippen LogP contribution >= 0.6 is 0 Å². The molecule has 26 heavy (non-hydrogen) atoms. The lowest BCUT2D eigenvalue weighted by Crippen LogP contribution is -2.36. The Morgan fingerprint density at radius 2 is 2.23 bits per heavy atom. The highest BCUT2D eigenvalue weighted by Crippen LogP contribution is 2.22. The zero-order valence-corrected chi connectivity index (χ0v) is 15.0. The fraction of sp³-hybridized carbons (Fsp3) is 0.556. The summed E-state index contributed by atoms with van der Waals surface area (Å²) in [6, 6.07) is 2.21. The highest BCUT2D eigenvalue weighted by Gasteiger charge is 2.24. The first-order chi connectivity index (χ1) is 12.7. The van der Waals surface area contributed by atoms with Crippen LogP contribution in [-0.2, 0) is 28.9 Å². The first kappa shape index (κ1) is 17.0. The molecule has 0 aliphatic carbocycles. The second kappa shape index (κ2) is 7.41. The molecule has 8 nitrogen and oxygen atoms in total. The number of carbonyl (C=O) groups excluding carboxylic acids is 1. The van der Waals surface area contributed by atoms with Crippen molar-refractivity contribution in [3.63, 3.8) is 0 Å². The number of rotatable bonds is 4. The van der Waals surface area contributed by atoms with Gasteiger partial charge in [0, 0.05) is 37.9 Å². The van der Waals surface area contributed by atoms with Gasteiger partial charge in [-0.2, -0.15) is 5.10 Å². The van der Waals surface area contributed by atoms with Gasteiger partial charge in [-0.15, -0.1) is 0 Å². The Labute approximate surface area is 152 Å². The quantitative estimate of drug-likeness (QED) is 0.873. The van der Waals surface area contributed by atoms with Gasteiger partial charge in [-0.3, -0.25) is 9.48 Å². The summed E-state index contributed by atoms with van der Waals surface area (Å²) in [6.45, 7) is 5.06. The minimum atomic E-state index is 0.0903. The van der Waals surface area contributed by atoms with Crippen molar-refractivity contribution < 1.29 is 9.53 Å². The molecule has 4 heterocycles. The zero-order valence-electron chi connectivity index (χ0n) is 15.0. The average molecular weight is 356 g/mol. The van der Waals surface area contributed by atoms with E-state index in [0.717, 1.165) is 48.6 Å². The molecular formula is C18H24N6O2. The molecule has 1 atom stereocenters. The maximum atomic E-state index is 12.6. The fourth-order valence-electron chi connectivity index (χ4n) is 3.53. The molecule has 1 saturated heterocycles. The van der Waals surface area contributed by atoms with Crippen LogP contribution in [0.1, 0.15) is 23.4 Å². The van der Waals surface area contributed by atoms with Gasteiger partial charge in [0.15, 0.2) is 0 Å². The summed E-state index contributed by atoms with van der Waals surface area (Å²) in [5.74, 6) is 0.982. The zero-order chi connectivity index (χ0) is 17.9. The highest BCUT2D eigenvalue weighted by atomic mass is 16.5. The molecule has 0 aromatic carbocycles. The average Bonchev–Trinajstić information content (AvgIpc) is 3.22. The summed E-state index contributed by atoms with van der Waals surface area (Å²) in [5.41, 5.74) is 3.08. The molecule has 1 fully saturated rings. The Balaban J connectivity index is 1.44. The van der Waals surface area contributed by atoms with Gasteiger partial charge < -0.3 is 15.0 Å². The first-order valence-electron chi connectivity index (χ1n) is 9.14. The number of fused-ring (bicyclic) bond motifs is 1. The minimum absolute atomic E-state index is 0.0903. The number of nitrogens with zero attached hydrogens (tertiary/aromatic N) is 5. The monoisotopic (exact) mass is 356 g/mol. The molecular weight excluding hydrogens is 332 g/mol. The molecule has 0 bridgehead atoms. The largest absolute Gasteiger partial charge is 0.379 e. The van der Waals surface area contributed by atoms with Gasteiger partial charge in [-0.1, -0.05) is 0 Å². The number of ether oxygens (including phenoxy) is 1. The van der Waals surface area contributed by atoms with Crippen molar-refractivity contribution in [3.05, 3.63) is 35.5 Å². The molecule has 0 saturated carbocycles. The van der Waals surface area contributed by atoms with Crippen LogP contribution < -0.4 is 5.32 Å². The molecule has 8 heteroatoms. The van der Waals surface area contributed by atoms with Crippen LogP contribution in [0.15, 0.2) is 18.6 Å². The van der Waals surface area contributed by atoms with E-state index in [1.165, 1.54) is 0 Å². The molecule has 1 amide bonds. The Kier molecular flexibility index (Phi) is 4.83. The van der Waals surface area contributed by atoms with Gasteiger partial charge in [-0.25, -0.2) is 9.97 Å². The summed E-state index contributed by atoms with van der Waals surface area (Å²) in [6.07, 6.45) is 5.96. The standard InChI is InChI=1S/C18H24N6O2/c1-13-2-8-24(22-13)10-17(25)23-6-3-15-16(4-7-23)19-12-20-18(15)21-14-5-9-26-11-14/h2,8,12,14H,3-7,9-11H2,1H3,(H,19,20,21)/t14-/m0/s1. The molecule has 2 aliphatic rings. The number of hydrogen-bond acceptors (Lipinski definition) is 6. The van der Waals surface area contributed by atoms with E-state index >= 15 is 0 Å². The second-order valence-corrected chi connectivity index (χ2v) is 6.89. The van der Waals surface area contributed by atoms with E-state index in [9.17, 15) is 4.79 Å². The first-order valence-corrected chi connectivity index (χ1v) is 9.14. The molecule has 2 aliphatic heterocycles. The number of carbonyl (C=O) groups is 1. The lowest BCUT2D eigenvalue weighted by molar-refractivity contribution is -0.131. The molecule has 4 rings (SSSR count). The third-order valence-electron chi connectivity index (χ3n) is 4.98. The molecule has 2 aromatic rings.